The van der Waals surface area contributed by atoms with Gasteiger partial charge in [-0.3, -0.25) is 9.69 Å². The second kappa shape index (κ2) is 8.90. The maximum Gasteiger partial charge on any atom is 0.235 e. The largest absolute Gasteiger partial charge is 0.342 e. The second-order valence-corrected chi connectivity index (χ2v) is 4.88. The zero-order chi connectivity index (χ0) is 13.2. The Kier molecular flexibility index (Phi) is 7.38. The van der Waals surface area contributed by atoms with Crippen LogP contribution < -0.4 is 10.6 Å². The van der Waals surface area contributed by atoms with E-state index in [0.29, 0.717) is 12.5 Å². The molecule has 102 valence electrons. The number of piperidine rings is 1. The van der Waals surface area contributed by atoms with Gasteiger partial charge in [0.1, 0.15) is 6.54 Å². The van der Waals surface area contributed by atoms with Crippen molar-refractivity contribution in [2.24, 2.45) is 5.92 Å². The zero-order valence-electron chi connectivity index (χ0n) is 11.2. The molecule has 1 aliphatic heterocycles. The first-order valence-electron chi connectivity index (χ1n) is 6.83. The molecule has 1 rings (SSSR count). The number of nitrogens with zero attached hydrogens (tertiary/aromatic N) is 2. The first kappa shape index (κ1) is 14.9. The fraction of sp³-hybridized carbons (Fsp3) is 0.846. The van der Waals surface area contributed by atoms with Crippen molar-refractivity contribution in [3.8, 4) is 6.07 Å². The maximum atomic E-state index is 11.6. The van der Waals surface area contributed by atoms with E-state index in [1.807, 2.05) is 6.07 Å². The Bertz CT molecular complexity index is 281. The van der Waals surface area contributed by atoms with E-state index in [1.165, 1.54) is 12.8 Å². The Morgan fingerprint density at radius 2 is 2.44 bits per heavy atom. The Hall–Kier alpha value is -1.12. The van der Waals surface area contributed by atoms with Crippen molar-refractivity contribution in [1.82, 2.24) is 15.5 Å². The molecule has 5 nitrogen and oxygen atoms in total. The minimum atomic E-state index is -0.0474. The minimum Gasteiger partial charge on any atom is -0.342 e. The van der Waals surface area contributed by atoms with Gasteiger partial charge in [-0.05, 0) is 44.8 Å². The summed E-state index contributed by atoms with van der Waals surface area (Å²) in [5.74, 6) is 0.600. The third kappa shape index (κ3) is 5.99. The van der Waals surface area contributed by atoms with Crippen LogP contribution in [0.15, 0.2) is 0 Å². The van der Waals surface area contributed by atoms with Crippen molar-refractivity contribution < 1.29 is 4.79 Å². The second-order valence-electron chi connectivity index (χ2n) is 4.88. The number of carbonyl (C=O) groups is 1. The van der Waals surface area contributed by atoms with E-state index in [9.17, 15) is 4.79 Å². The molecule has 1 heterocycles. The number of nitriles is 1. The molecule has 1 amide bonds. The summed E-state index contributed by atoms with van der Waals surface area (Å²) in [6.45, 7) is 6.72. The van der Waals surface area contributed by atoms with Crippen molar-refractivity contribution in [3.63, 3.8) is 0 Å². The highest BCUT2D eigenvalue weighted by atomic mass is 16.2. The van der Waals surface area contributed by atoms with Crippen LogP contribution in [0.5, 0.6) is 0 Å². The normalized spacial score (nSPS) is 19.5. The van der Waals surface area contributed by atoms with Crippen LogP contribution in [0.3, 0.4) is 0 Å². The maximum absolute atomic E-state index is 11.6. The number of hydrogen-bond donors (Lipinski definition) is 2. The van der Waals surface area contributed by atoms with Crippen LogP contribution in [0.2, 0.25) is 0 Å². The molecular formula is C13H24N4O. The molecule has 18 heavy (non-hydrogen) atoms. The summed E-state index contributed by atoms with van der Waals surface area (Å²) in [5, 5.41) is 14.4. The molecule has 1 unspecified atom stereocenters. The average molecular weight is 252 g/mol. The smallest absolute Gasteiger partial charge is 0.235 e. The van der Waals surface area contributed by atoms with Crippen molar-refractivity contribution in [2.75, 3.05) is 39.3 Å². The van der Waals surface area contributed by atoms with E-state index in [0.717, 1.165) is 32.6 Å². The quantitative estimate of drug-likeness (QED) is 0.641. The van der Waals surface area contributed by atoms with E-state index >= 15 is 0 Å². The molecule has 0 bridgehead atoms. The van der Waals surface area contributed by atoms with Crippen molar-refractivity contribution in [3.05, 3.63) is 0 Å². The predicted octanol–water partition coefficient (Wildman–Crippen LogP) is 0.338. The molecular weight excluding hydrogens is 228 g/mol. The number of hydrogen-bond acceptors (Lipinski definition) is 4. The standard InChI is InChI=1S/C13H24N4O/c1-2-8-17(11-13(18)16-7-5-14)10-12-4-3-6-15-9-12/h12,15H,2-4,6-11H2,1H3,(H,16,18). The Morgan fingerprint density at radius 3 is 3.06 bits per heavy atom. The fourth-order valence-electron chi connectivity index (χ4n) is 2.39. The lowest BCUT2D eigenvalue weighted by atomic mass is 9.99. The topological polar surface area (TPSA) is 68.2 Å². The average Bonchev–Trinajstić information content (AvgIpc) is 2.38. The van der Waals surface area contributed by atoms with Gasteiger partial charge in [0, 0.05) is 6.54 Å². The van der Waals surface area contributed by atoms with Gasteiger partial charge < -0.3 is 10.6 Å². The van der Waals surface area contributed by atoms with Gasteiger partial charge >= 0.3 is 0 Å². The Labute approximate surface area is 110 Å². The molecule has 1 fully saturated rings. The SMILES string of the molecule is CCCN(CC(=O)NCC#N)CC1CCCNC1. The highest BCUT2D eigenvalue weighted by Crippen LogP contribution is 2.11. The zero-order valence-corrected chi connectivity index (χ0v) is 11.2. The number of carbonyl (C=O) groups excluding carboxylic acids is 1. The van der Waals surface area contributed by atoms with Crippen LogP contribution in [-0.2, 0) is 4.79 Å². The van der Waals surface area contributed by atoms with Crippen molar-refractivity contribution >= 4 is 5.91 Å². The lowest BCUT2D eigenvalue weighted by molar-refractivity contribution is -0.122. The molecule has 0 aromatic heterocycles. The van der Waals surface area contributed by atoms with E-state index in [4.69, 9.17) is 5.26 Å². The summed E-state index contributed by atoms with van der Waals surface area (Å²) in [6, 6.07) is 1.92. The molecule has 0 spiro atoms. The van der Waals surface area contributed by atoms with Gasteiger partial charge in [-0.15, -0.1) is 0 Å². The summed E-state index contributed by atoms with van der Waals surface area (Å²) in [6.07, 6.45) is 3.52. The predicted molar refractivity (Wildman–Crippen MR) is 70.9 cm³/mol. The third-order valence-electron chi connectivity index (χ3n) is 3.19. The molecule has 0 aromatic rings. The molecule has 0 saturated carbocycles. The summed E-state index contributed by atoms with van der Waals surface area (Å²) < 4.78 is 0. The summed E-state index contributed by atoms with van der Waals surface area (Å²) >= 11 is 0. The van der Waals surface area contributed by atoms with Crippen LogP contribution in [0.4, 0.5) is 0 Å². The van der Waals surface area contributed by atoms with Crippen LogP contribution in [0.25, 0.3) is 0 Å². The molecule has 0 aromatic carbocycles. The van der Waals surface area contributed by atoms with Gasteiger partial charge in [0.25, 0.3) is 0 Å². The van der Waals surface area contributed by atoms with Crippen LogP contribution in [-0.4, -0.2) is 50.1 Å². The van der Waals surface area contributed by atoms with Crippen LogP contribution in [0.1, 0.15) is 26.2 Å². The van der Waals surface area contributed by atoms with Gasteiger partial charge in [0.2, 0.25) is 5.91 Å². The lowest BCUT2D eigenvalue weighted by Crippen LogP contribution is -2.43. The van der Waals surface area contributed by atoms with Crippen LogP contribution >= 0.6 is 0 Å². The van der Waals surface area contributed by atoms with Gasteiger partial charge in [-0.1, -0.05) is 6.92 Å². The molecule has 0 radical (unpaired) electrons. The highest BCUT2D eigenvalue weighted by molar-refractivity contribution is 5.78. The van der Waals surface area contributed by atoms with Gasteiger partial charge in [-0.25, -0.2) is 0 Å². The van der Waals surface area contributed by atoms with Crippen molar-refractivity contribution in [1.29, 1.82) is 5.26 Å². The number of nitrogens with one attached hydrogen (secondary N) is 2. The van der Waals surface area contributed by atoms with E-state index in [1.54, 1.807) is 0 Å². The Morgan fingerprint density at radius 1 is 1.61 bits per heavy atom. The third-order valence-corrected chi connectivity index (χ3v) is 3.19. The van der Waals surface area contributed by atoms with E-state index in [-0.39, 0.29) is 12.5 Å². The van der Waals surface area contributed by atoms with Crippen LogP contribution in [0, 0.1) is 17.2 Å². The van der Waals surface area contributed by atoms with E-state index in [2.05, 4.69) is 22.5 Å². The van der Waals surface area contributed by atoms with Gasteiger partial charge in [0.15, 0.2) is 0 Å². The minimum absolute atomic E-state index is 0.0474. The molecule has 1 atom stereocenters. The molecule has 5 heteroatoms. The summed E-state index contributed by atoms with van der Waals surface area (Å²) in [7, 11) is 0. The first-order valence-corrected chi connectivity index (χ1v) is 6.83. The summed E-state index contributed by atoms with van der Waals surface area (Å²) in [5.41, 5.74) is 0. The highest BCUT2D eigenvalue weighted by Gasteiger charge is 2.18. The monoisotopic (exact) mass is 252 g/mol. The van der Waals surface area contributed by atoms with E-state index < -0.39 is 0 Å². The number of rotatable bonds is 7. The van der Waals surface area contributed by atoms with Gasteiger partial charge in [0.05, 0.1) is 12.6 Å². The Balaban J connectivity index is 2.33. The molecule has 1 aliphatic rings. The molecule has 1 saturated heterocycles. The molecule has 0 aliphatic carbocycles. The van der Waals surface area contributed by atoms with Crippen molar-refractivity contribution in [2.45, 2.75) is 26.2 Å². The first-order chi connectivity index (χ1) is 8.76. The summed E-state index contributed by atoms with van der Waals surface area (Å²) in [4.78, 5) is 13.8. The fourth-order valence-corrected chi connectivity index (χ4v) is 2.39. The molecule has 2 N–H and O–H groups in total. The number of amides is 1. The lowest BCUT2D eigenvalue weighted by Gasteiger charge is -2.29. The van der Waals surface area contributed by atoms with Gasteiger partial charge in [-0.2, -0.15) is 5.26 Å².